The largest absolute Gasteiger partial charge is 0.465 e. The molecular formula is C16H28O3. The Morgan fingerprint density at radius 2 is 2.16 bits per heavy atom. The summed E-state index contributed by atoms with van der Waals surface area (Å²) < 4.78 is 11.0. The van der Waals surface area contributed by atoms with Crippen LogP contribution in [-0.4, -0.2) is 24.8 Å². The maximum absolute atomic E-state index is 11.9. The van der Waals surface area contributed by atoms with Crippen LogP contribution in [0.1, 0.15) is 65.2 Å². The Morgan fingerprint density at radius 1 is 1.32 bits per heavy atom. The molecular weight excluding hydrogens is 240 g/mol. The zero-order chi connectivity index (χ0) is 13.7. The van der Waals surface area contributed by atoms with Crippen LogP contribution in [0.4, 0.5) is 0 Å². The van der Waals surface area contributed by atoms with Crippen molar-refractivity contribution in [3.8, 4) is 0 Å². The Kier molecular flexibility index (Phi) is 5.68. The number of carbonyl (C=O) groups is 1. The predicted octanol–water partition coefficient (Wildman–Crippen LogP) is 3.70. The number of fused-ring (bicyclic) bond motifs is 1. The molecule has 3 nitrogen and oxygen atoms in total. The van der Waals surface area contributed by atoms with Gasteiger partial charge in [0.1, 0.15) is 0 Å². The Labute approximate surface area is 117 Å². The third-order valence-corrected chi connectivity index (χ3v) is 4.59. The molecule has 4 unspecified atom stereocenters. The second kappa shape index (κ2) is 7.28. The van der Waals surface area contributed by atoms with Crippen molar-refractivity contribution in [2.24, 2.45) is 11.8 Å². The molecule has 0 N–H and O–H groups in total. The van der Waals surface area contributed by atoms with Crippen molar-refractivity contribution in [2.45, 2.75) is 77.4 Å². The Bertz CT molecular complexity index is 290. The van der Waals surface area contributed by atoms with E-state index in [1.165, 1.54) is 12.8 Å². The molecule has 2 rings (SSSR count). The molecule has 1 aliphatic heterocycles. The first-order valence-electron chi connectivity index (χ1n) is 8.04. The molecule has 1 aliphatic carbocycles. The number of rotatable bonds is 8. The molecule has 0 amide bonds. The number of unbranched alkanes of at least 4 members (excludes halogenated alkanes) is 1. The van der Waals surface area contributed by atoms with E-state index in [0.29, 0.717) is 37.1 Å². The van der Waals surface area contributed by atoms with E-state index < -0.39 is 0 Å². The molecule has 19 heavy (non-hydrogen) atoms. The molecule has 0 bridgehead atoms. The number of hydrogen-bond donors (Lipinski definition) is 0. The zero-order valence-corrected chi connectivity index (χ0v) is 12.4. The normalized spacial score (nSPS) is 30.5. The van der Waals surface area contributed by atoms with Crippen LogP contribution < -0.4 is 0 Å². The number of ether oxygens (including phenoxy) is 2. The second-order valence-electron chi connectivity index (χ2n) is 6.20. The van der Waals surface area contributed by atoms with Crippen LogP contribution >= 0.6 is 0 Å². The second-order valence-corrected chi connectivity index (χ2v) is 6.20. The van der Waals surface area contributed by atoms with Gasteiger partial charge < -0.3 is 9.47 Å². The lowest BCUT2D eigenvalue weighted by Gasteiger charge is -2.19. The quantitative estimate of drug-likeness (QED) is 0.497. The topological polar surface area (TPSA) is 38.8 Å². The lowest BCUT2D eigenvalue weighted by atomic mass is 9.90. The van der Waals surface area contributed by atoms with Crippen LogP contribution in [0.5, 0.6) is 0 Å². The van der Waals surface area contributed by atoms with Crippen molar-refractivity contribution in [2.75, 3.05) is 6.61 Å². The molecule has 0 aromatic rings. The minimum absolute atomic E-state index is 0.00166. The summed E-state index contributed by atoms with van der Waals surface area (Å²) in [5.41, 5.74) is 0. The van der Waals surface area contributed by atoms with Crippen molar-refractivity contribution < 1.29 is 14.3 Å². The average molecular weight is 268 g/mol. The SMILES string of the molecule is CCCCC(CC)CC(=O)OCC1CCC2OC2C1. The Balaban J connectivity index is 1.60. The highest BCUT2D eigenvalue weighted by Crippen LogP contribution is 2.39. The summed E-state index contributed by atoms with van der Waals surface area (Å²) in [6.07, 6.45) is 9.67. The standard InChI is InChI=1S/C16H28O3/c1-3-5-6-12(4-2)10-16(17)18-11-13-7-8-14-15(9-13)19-14/h12-15H,3-11H2,1-2H3. The van der Waals surface area contributed by atoms with Crippen LogP contribution in [0.3, 0.4) is 0 Å². The molecule has 3 heteroatoms. The van der Waals surface area contributed by atoms with Gasteiger partial charge in [-0.2, -0.15) is 0 Å². The van der Waals surface area contributed by atoms with Gasteiger partial charge >= 0.3 is 5.97 Å². The third kappa shape index (κ3) is 4.79. The molecule has 1 heterocycles. The molecule has 4 atom stereocenters. The summed E-state index contributed by atoms with van der Waals surface area (Å²) in [7, 11) is 0. The van der Waals surface area contributed by atoms with Gasteiger partial charge in [0.15, 0.2) is 0 Å². The van der Waals surface area contributed by atoms with Gasteiger partial charge in [0, 0.05) is 6.42 Å². The Hall–Kier alpha value is -0.570. The van der Waals surface area contributed by atoms with E-state index in [9.17, 15) is 4.79 Å². The van der Waals surface area contributed by atoms with Gasteiger partial charge in [-0.05, 0) is 37.5 Å². The van der Waals surface area contributed by atoms with Crippen LogP contribution in [0, 0.1) is 11.8 Å². The van der Waals surface area contributed by atoms with Gasteiger partial charge in [0.05, 0.1) is 18.8 Å². The molecule has 0 spiro atoms. The molecule has 110 valence electrons. The first kappa shape index (κ1) is 14.8. The fourth-order valence-electron chi connectivity index (χ4n) is 3.09. The Morgan fingerprint density at radius 3 is 2.84 bits per heavy atom. The predicted molar refractivity (Wildman–Crippen MR) is 74.9 cm³/mol. The fourth-order valence-corrected chi connectivity index (χ4v) is 3.09. The van der Waals surface area contributed by atoms with Crippen molar-refractivity contribution in [1.82, 2.24) is 0 Å². The average Bonchev–Trinajstić information content (AvgIpc) is 3.19. The van der Waals surface area contributed by atoms with Gasteiger partial charge in [-0.15, -0.1) is 0 Å². The van der Waals surface area contributed by atoms with Crippen molar-refractivity contribution >= 4 is 5.97 Å². The molecule has 2 fully saturated rings. The molecule has 2 aliphatic rings. The lowest BCUT2D eigenvalue weighted by molar-refractivity contribution is -0.146. The van der Waals surface area contributed by atoms with Crippen molar-refractivity contribution in [3.63, 3.8) is 0 Å². The number of esters is 1. The lowest BCUT2D eigenvalue weighted by Crippen LogP contribution is -2.21. The highest BCUT2D eigenvalue weighted by Gasteiger charge is 2.43. The summed E-state index contributed by atoms with van der Waals surface area (Å²) in [6, 6.07) is 0. The zero-order valence-electron chi connectivity index (χ0n) is 12.4. The van der Waals surface area contributed by atoms with E-state index in [1.807, 2.05) is 0 Å². The molecule has 0 aromatic carbocycles. The summed E-state index contributed by atoms with van der Waals surface area (Å²) in [5, 5.41) is 0. The number of hydrogen-bond acceptors (Lipinski definition) is 3. The monoisotopic (exact) mass is 268 g/mol. The molecule has 0 aromatic heterocycles. The first-order valence-corrected chi connectivity index (χ1v) is 8.04. The van der Waals surface area contributed by atoms with Gasteiger partial charge in [-0.25, -0.2) is 0 Å². The van der Waals surface area contributed by atoms with Gasteiger partial charge in [-0.3, -0.25) is 4.79 Å². The maximum Gasteiger partial charge on any atom is 0.306 e. The van der Waals surface area contributed by atoms with Gasteiger partial charge in [0.25, 0.3) is 0 Å². The molecule has 1 saturated heterocycles. The van der Waals surface area contributed by atoms with Crippen LogP contribution in [-0.2, 0) is 14.3 Å². The highest BCUT2D eigenvalue weighted by molar-refractivity contribution is 5.69. The number of carbonyl (C=O) groups excluding carboxylic acids is 1. The van der Waals surface area contributed by atoms with E-state index >= 15 is 0 Å². The van der Waals surface area contributed by atoms with Crippen LogP contribution in [0.25, 0.3) is 0 Å². The van der Waals surface area contributed by atoms with Crippen molar-refractivity contribution in [1.29, 1.82) is 0 Å². The maximum atomic E-state index is 11.9. The van der Waals surface area contributed by atoms with E-state index in [4.69, 9.17) is 9.47 Å². The first-order chi connectivity index (χ1) is 9.22. The smallest absolute Gasteiger partial charge is 0.306 e. The minimum Gasteiger partial charge on any atom is -0.465 e. The summed E-state index contributed by atoms with van der Waals surface area (Å²) in [5.74, 6) is 1.04. The third-order valence-electron chi connectivity index (χ3n) is 4.59. The van der Waals surface area contributed by atoms with E-state index in [1.54, 1.807) is 0 Å². The molecule has 1 saturated carbocycles. The number of epoxide rings is 1. The van der Waals surface area contributed by atoms with E-state index in [0.717, 1.165) is 32.1 Å². The van der Waals surface area contributed by atoms with Gasteiger partial charge in [0.2, 0.25) is 0 Å². The fraction of sp³-hybridized carbons (Fsp3) is 0.938. The van der Waals surface area contributed by atoms with Crippen LogP contribution in [0.15, 0.2) is 0 Å². The van der Waals surface area contributed by atoms with Gasteiger partial charge in [-0.1, -0.05) is 33.1 Å². The van der Waals surface area contributed by atoms with E-state index in [2.05, 4.69) is 13.8 Å². The van der Waals surface area contributed by atoms with E-state index in [-0.39, 0.29) is 5.97 Å². The highest BCUT2D eigenvalue weighted by atomic mass is 16.6. The minimum atomic E-state index is 0.00166. The molecule has 0 radical (unpaired) electrons. The van der Waals surface area contributed by atoms with Crippen LogP contribution in [0.2, 0.25) is 0 Å². The summed E-state index contributed by atoms with van der Waals surface area (Å²) in [4.78, 5) is 11.9. The summed E-state index contributed by atoms with van der Waals surface area (Å²) in [6.45, 7) is 4.97. The summed E-state index contributed by atoms with van der Waals surface area (Å²) >= 11 is 0. The van der Waals surface area contributed by atoms with Crippen molar-refractivity contribution in [3.05, 3.63) is 0 Å².